The number of hydrogen-bond acceptors (Lipinski definition) is 5. The summed E-state index contributed by atoms with van der Waals surface area (Å²) < 4.78 is 15.4. The van der Waals surface area contributed by atoms with Crippen LogP contribution in [0, 0.1) is 0 Å². The van der Waals surface area contributed by atoms with E-state index in [9.17, 15) is 9.59 Å². The number of carbonyl (C=O) groups is 2. The summed E-state index contributed by atoms with van der Waals surface area (Å²) in [5, 5.41) is 8.62. The van der Waals surface area contributed by atoms with Crippen molar-refractivity contribution in [3.8, 4) is 11.5 Å². The number of carbonyl (C=O) groups excluding carboxylic acids is 1. The van der Waals surface area contributed by atoms with Crippen molar-refractivity contribution < 1.29 is 28.9 Å². The first-order valence-corrected chi connectivity index (χ1v) is 6.37. The van der Waals surface area contributed by atoms with Crippen molar-refractivity contribution in [1.82, 2.24) is 0 Å². The lowest BCUT2D eigenvalue weighted by Crippen LogP contribution is -2.13. The average molecular weight is 282 g/mol. The zero-order valence-electron chi connectivity index (χ0n) is 11.5. The van der Waals surface area contributed by atoms with Gasteiger partial charge in [0, 0.05) is 0 Å². The van der Waals surface area contributed by atoms with Gasteiger partial charge in [-0.1, -0.05) is 6.92 Å². The van der Waals surface area contributed by atoms with Crippen molar-refractivity contribution in [3.63, 3.8) is 0 Å². The highest BCUT2D eigenvalue weighted by molar-refractivity contribution is 5.93. The number of carboxylic acid groups (broad SMARTS) is 1. The summed E-state index contributed by atoms with van der Waals surface area (Å²) in [5.41, 5.74) is 0.158. The maximum Gasteiger partial charge on any atom is 0.342 e. The summed E-state index contributed by atoms with van der Waals surface area (Å²) in [6, 6.07) is 4.59. The minimum absolute atomic E-state index is 0.158. The fraction of sp³-hybridized carbons (Fsp3) is 0.429. The molecule has 6 nitrogen and oxygen atoms in total. The largest absolute Gasteiger partial charge is 0.494 e. The lowest BCUT2D eigenvalue weighted by atomic mass is 10.2. The second kappa shape index (κ2) is 8.04. The molecule has 110 valence electrons. The lowest BCUT2D eigenvalue weighted by molar-refractivity contribution is -0.139. The molecule has 0 fully saturated rings. The predicted octanol–water partition coefficient (Wildman–Crippen LogP) is 2.12. The Bertz CT molecular complexity index is 469. The minimum Gasteiger partial charge on any atom is -0.494 e. The molecule has 0 saturated carbocycles. The third kappa shape index (κ3) is 4.79. The third-order valence-corrected chi connectivity index (χ3v) is 2.27. The minimum atomic E-state index is -1.12. The van der Waals surface area contributed by atoms with Crippen LogP contribution in [-0.4, -0.2) is 36.9 Å². The topological polar surface area (TPSA) is 82.1 Å². The third-order valence-electron chi connectivity index (χ3n) is 2.27. The molecule has 0 spiro atoms. The van der Waals surface area contributed by atoms with Crippen LogP contribution in [0.25, 0.3) is 0 Å². The van der Waals surface area contributed by atoms with E-state index < -0.39 is 18.5 Å². The molecule has 6 heteroatoms. The van der Waals surface area contributed by atoms with Gasteiger partial charge in [-0.2, -0.15) is 0 Å². The van der Waals surface area contributed by atoms with Gasteiger partial charge in [-0.05, 0) is 31.5 Å². The number of rotatable bonds is 8. The number of benzene rings is 1. The van der Waals surface area contributed by atoms with E-state index in [-0.39, 0.29) is 17.9 Å². The van der Waals surface area contributed by atoms with Crippen molar-refractivity contribution in [2.45, 2.75) is 20.3 Å². The standard InChI is InChI=1S/C14H18O6/c1-3-7-19-14(17)11-8-10(18-4-2)5-6-12(11)20-9-13(15)16/h5-6,8H,3-4,7,9H2,1-2H3,(H,15,16). The highest BCUT2D eigenvalue weighted by atomic mass is 16.5. The Kier molecular flexibility index (Phi) is 6.36. The second-order valence-corrected chi connectivity index (χ2v) is 3.91. The first-order chi connectivity index (χ1) is 9.58. The predicted molar refractivity (Wildman–Crippen MR) is 71.3 cm³/mol. The summed E-state index contributed by atoms with van der Waals surface area (Å²) >= 11 is 0. The van der Waals surface area contributed by atoms with E-state index in [0.29, 0.717) is 18.8 Å². The Hall–Kier alpha value is -2.24. The van der Waals surface area contributed by atoms with Crippen LogP contribution in [0.5, 0.6) is 11.5 Å². The fourth-order valence-corrected chi connectivity index (χ4v) is 1.46. The van der Waals surface area contributed by atoms with Gasteiger partial charge in [0.1, 0.15) is 17.1 Å². The molecule has 0 saturated heterocycles. The molecule has 0 bridgehead atoms. The molecule has 0 aliphatic heterocycles. The quantitative estimate of drug-likeness (QED) is 0.735. The van der Waals surface area contributed by atoms with Crippen LogP contribution >= 0.6 is 0 Å². The van der Waals surface area contributed by atoms with Crippen molar-refractivity contribution in [2.75, 3.05) is 19.8 Å². The van der Waals surface area contributed by atoms with E-state index in [0.717, 1.165) is 0 Å². The second-order valence-electron chi connectivity index (χ2n) is 3.91. The van der Waals surface area contributed by atoms with Crippen LogP contribution in [-0.2, 0) is 9.53 Å². The zero-order valence-corrected chi connectivity index (χ0v) is 11.5. The molecule has 0 aromatic heterocycles. The Morgan fingerprint density at radius 3 is 2.55 bits per heavy atom. The van der Waals surface area contributed by atoms with Gasteiger partial charge in [-0.3, -0.25) is 0 Å². The van der Waals surface area contributed by atoms with E-state index >= 15 is 0 Å². The molecule has 1 N–H and O–H groups in total. The molecule has 0 unspecified atom stereocenters. The molecule has 1 aromatic carbocycles. The van der Waals surface area contributed by atoms with Gasteiger partial charge in [0.15, 0.2) is 6.61 Å². The molecule has 0 atom stereocenters. The molecule has 1 rings (SSSR count). The zero-order chi connectivity index (χ0) is 15.0. The van der Waals surface area contributed by atoms with Crippen LogP contribution in [0.1, 0.15) is 30.6 Å². The number of hydrogen-bond donors (Lipinski definition) is 1. The molecule has 0 aliphatic carbocycles. The number of ether oxygens (including phenoxy) is 3. The molecular weight excluding hydrogens is 264 g/mol. The van der Waals surface area contributed by atoms with Crippen molar-refractivity contribution >= 4 is 11.9 Å². The Balaban J connectivity index is 2.95. The summed E-state index contributed by atoms with van der Waals surface area (Å²) in [6.07, 6.45) is 0.697. The van der Waals surface area contributed by atoms with Crippen LogP contribution < -0.4 is 9.47 Å². The maximum atomic E-state index is 11.9. The SMILES string of the molecule is CCCOC(=O)c1cc(OCC)ccc1OCC(=O)O. The van der Waals surface area contributed by atoms with E-state index in [2.05, 4.69) is 0 Å². The van der Waals surface area contributed by atoms with Crippen molar-refractivity contribution in [2.24, 2.45) is 0 Å². The fourth-order valence-electron chi connectivity index (χ4n) is 1.46. The molecule has 0 heterocycles. The summed E-state index contributed by atoms with van der Waals surface area (Å²) in [7, 11) is 0. The molecular formula is C14H18O6. The van der Waals surface area contributed by atoms with Gasteiger partial charge in [0.05, 0.1) is 13.2 Å². The number of aliphatic carboxylic acids is 1. The van der Waals surface area contributed by atoms with E-state index in [4.69, 9.17) is 19.3 Å². The van der Waals surface area contributed by atoms with Gasteiger partial charge in [-0.25, -0.2) is 9.59 Å². The molecule has 0 radical (unpaired) electrons. The van der Waals surface area contributed by atoms with Gasteiger partial charge in [-0.15, -0.1) is 0 Å². The summed E-state index contributed by atoms with van der Waals surface area (Å²) in [5.74, 6) is -1.02. The number of carboxylic acids is 1. The van der Waals surface area contributed by atoms with E-state index in [1.807, 2.05) is 13.8 Å². The van der Waals surface area contributed by atoms with E-state index in [1.54, 1.807) is 6.07 Å². The first-order valence-electron chi connectivity index (χ1n) is 6.37. The van der Waals surface area contributed by atoms with Crippen LogP contribution in [0.3, 0.4) is 0 Å². The van der Waals surface area contributed by atoms with E-state index in [1.165, 1.54) is 12.1 Å². The number of esters is 1. The van der Waals surface area contributed by atoms with Crippen LogP contribution in [0.4, 0.5) is 0 Å². The summed E-state index contributed by atoms with van der Waals surface area (Å²) in [4.78, 5) is 22.4. The monoisotopic (exact) mass is 282 g/mol. The van der Waals surface area contributed by atoms with Crippen LogP contribution in [0.2, 0.25) is 0 Å². The van der Waals surface area contributed by atoms with Crippen molar-refractivity contribution in [1.29, 1.82) is 0 Å². The van der Waals surface area contributed by atoms with Gasteiger partial charge in [0.2, 0.25) is 0 Å². The van der Waals surface area contributed by atoms with Gasteiger partial charge >= 0.3 is 11.9 Å². The highest BCUT2D eigenvalue weighted by Crippen LogP contribution is 2.25. The Labute approximate surface area is 117 Å². The molecule has 0 aliphatic rings. The first kappa shape index (κ1) is 15.8. The maximum absolute atomic E-state index is 11.9. The Morgan fingerprint density at radius 2 is 1.95 bits per heavy atom. The molecule has 1 aromatic rings. The van der Waals surface area contributed by atoms with Gasteiger partial charge in [0.25, 0.3) is 0 Å². The van der Waals surface area contributed by atoms with Gasteiger partial charge < -0.3 is 19.3 Å². The van der Waals surface area contributed by atoms with Crippen molar-refractivity contribution in [3.05, 3.63) is 23.8 Å². The average Bonchev–Trinajstić information content (AvgIpc) is 2.43. The smallest absolute Gasteiger partial charge is 0.342 e. The molecule has 0 amide bonds. The highest BCUT2D eigenvalue weighted by Gasteiger charge is 2.16. The molecule has 20 heavy (non-hydrogen) atoms. The normalized spacial score (nSPS) is 9.90. The van der Waals surface area contributed by atoms with Crippen LogP contribution in [0.15, 0.2) is 18.2 Å². The lowest BCUT2D eigenvalue weighted by Gasteiger charge is -2.12. The Morgan fingerprint density at radius 1 is 1.20 bits per heavy atom. The summed E-state index contributed by atoms with van der Waals surface area (Å²) in [6.45, 7) is 3.92.